The number of carboxylic acid groups (broad SMARTS) is 1. The Hall–Kier alpha value is -8.65. The third kappa shape index (κ3) is 33.3. The number of Topliss-reactive ketones (excluding diaryl/α,β-unsaturated/α-hetero) is 2. The number of hydrogen-bond donors (Lipinski definition) is 5. The highest BCUT2D eigenvalue weighted by Gasteiger charge is 2.40. The summed E-state index contributed by atoms with van der Waals surface area (Å²) in [4.78, 5) is 115. The van der Waals surface area contributed by atoms with Crippen LogP contribution in [0, 0.1) is 43.4 Å². The zero-order chi connectivity index (χ0) is 89.2. The number of pyridine rings is 3. The molecule has 0 radical (unpaired) electrons. The minimum atomic E-state index is -3.24. The van der Waals surface area contributed by atoms with Gasteiger partial charge in [0.2, 0.25) is 0 Å². The summed E-state index contributed by atoms with van der Waals surface area (Å²) < 4.78 is 55.7. The van der Waals surface area contributed by atoms with Crippen LogP contribution in [0.3, 0.4) is 0 Å². The van der Waals surface area contributed by atoms with Crippen molar-refractivity contribution in [1.82, 2.24) is 50.8 Å². The lowest BCUT2D eigenvalue weighted by molar-refractivity contribution is -0.155. The Morgan fingerprint density at radius 3 is 1.50 bits per heavy atom. The zero-order valence-electron chi connectivity index (χ0n) is 75.0. The molecule has 5 aromatic rings. The summed E-state index contributed by atoms with van der Waals surface area (Å²) in [6.45, 7) is 25.1. The first-order valence-corrected chi connectivity index (χ1v) is 45.6. The molecule has 680 valence electrons. The monoisotopic (exact) mass is 1750 g/mol. The summed E-state index contributed by atoms with van der Waals surface area (Å²) in [5, 5.41) is 24.5. The number of hydrogen-bond acceptors (Lipinski definition) is 26. The molecule has 12 aliphatic rings. The minimum absolute atomic E-state index is 0. The predicted octanol–water partition coefficient (Wildman–Crippen LogP) is 14.7. The second kappa shape index (κ2) is 47.6. The Morgan fingerprint density at radius 1 is 0.561 bits per heavy atom. The molecule has 10 fully saturated rings. The molecular weight excluding hydrogens is 1610 g/mol. The van der Waals surface area contributed by atoms with Gasteiger partial charge in [-0.05, 0) is 290 Å². The van der Waals surface area contributed by atoms with Crippen LogP contribution in [0.25, 0.3) is 33.8 Å². The average Bonchev–Trinajstić information content (AvgIpc) is 1.58. The van der Waals surface area contributed by atoms with Crippen molar-refractivity contribution in [3.63, 3.8) is 0 Å². The molecule has 0 spiro atoms. The van der Waals surface area contributed by atoms with E-state index in [1.807, 2.05) is 117 Å². The number of sulfone groups is 1. The van der Waals surface area contributed by atoms with E-state index in [-0.39, 0.29) is 110 Å². The van der Waals surface area contributed by atoms with Crippen molar-refractivity contribution in [2.45, 2.75) is 301 Å². The maximum absolute atomic E-state index is 11.9. The third-order valence-electron chi connectivity index (χ3n) is 23.3. The lowest BCUT2D eigenvalue weighted by atomic mass is 9.77. The average molecular weight is 1750 g/mol. The van der Waals surface area contributed by atoms with Gasteiger partial charge in [-0.1, -0.05) is 24.3 Å². The maximum atomic E-state index is 11.9. The van der Waals surface area contributed by atoms with E-state index in [1.54, 1.807) is 44.2 Å². The summed E-state index contributed by atoms with van der Waals surface area (Å²) in [6.07, 6.45) is 26.7. The van der Waals surface area contributed by atoms with Crippen LogP contribution in [0.5, 0.6) is 0 Å². The fourth-order valence-corrected chi connectivity index (χ4v) is 17.8. The first-order valence-electron chi connectivity index (χ1n) is 43.7. The Balaban J connectivity index is 0.000000206. The number of carbonyl (C=O) groups excluding carboxylic acids is 8. The number of aromatic nitrogens is 5. The normalized spacial score (nSPS) is 22.7. The highest BCUT2D eigenvalue weighted by molar-refractivity contribution is 7.90. The number of aliphatic carboxylic acids is 1. The second-order valence-electron chi connectivity index (χ2n) is 36.6. The van der Waals surface area contributed by atoms with Gasteiger partial charge in [0.25, 0.3) is 0 Å². The highest BCUT2D eigenvalue weighted by Crippen LogP contribution is 2.51. The summed E-state index contributed by atoms with van der Waals surface area (Å²) in [5.41, 5.74) is 10.7. The molecule has 123 heavy (non-hydrogen) atoms. The Morgan fingerprint density at radius 2 is 1.06 bits per heavy atom. The van der Waals surface area contributed by atoms with Crippen LogP contribution in [-0.4, -0.2) is 196 Å². The van der Waals surface area contributed by atoms with Gasteiger partial charge >= 0.3 is 41.9 Å². The number of carboxylic acids is 1. The fraction of sp³-hybridized carbons (Fsp3) is 0.641. The maximum Gasteiger partial charge on any atom is 0.422 e. The molecule has 31 heteroatoms. The van der Waals surface area contributed by atoms with Crippen molar-refractivity contribution in [2.75, 3.05) is 53.3 Å². The molecule has 0 unspecified atom stereocenters. The van der Waals surface area contributed by atoms with Crippen molar-refractivity contribution in [3.8, 4) is 33.8 Å². The number of esters is 5. The Labute approximate surface area is 733 Å². The van der Waals surface area contributed by atoms with Gasteiger partial charge in [-0.2, -0.15) is 5.10 Å². The third-order valence-corrected chi connectivity index (χ3v) is 24.5. The molecule has 6 saturated carbocycles. The lowest BCUT2D eigenvalue weighted by Crippen LogP contribution is -2.56. The summed E-state index contributed by atoms with van der Waals surface area (Å²) in [6, 6.07) is 24.5. The van der Waals surface area contributed by atoms with Gasteiger partial charge in [0.1, 0.15) is 40.4 Å². The fourth-order valence-electron chi connectivity index (χ4n) is 17.1. The van der Waals surface area contributed by atoms with Crippen LogP contribution >= 0.6 is 12.4 Å². The lowest BCUT2D eigenvalue weighted by Gasteiger charge is -2.44. The summed E-state index contributed by atoms with van der Waals surface area (Å²) in [7, 11) is -0.425. The zero-order valence-corrected chi connectivity index (χ0v) is 76.6. The number of amides is 1. The topological polar surface area (TPSA) is 388 Å². The number of nitrogens with two attached hydrogens (primary N) is 1. The van der Waals surface area contributed by atoms with Crippen molar-refractivity contribution in [3.05, 3.63) is 102 Å². The number of nitrogens with zero attached hydrogens (tertiary/aromatic N) is 7. The molecule has 10 heterocycles. The number of ketones is 2. The van der Waals surface area contributed by atoms with Crippen LogP contribution in [0.2, 0.25) is 0 Å². The number of halogens is 1. The van der Waals surface area contributed by atoms with Crippen LogP contribution in [0.1, 0.15) is 269 Å². The molecule has 6 bridgehead atoms. The van der Waals surface area contributed by atoms with Gasteiger partial charge in [0.05, 0.1) is 79.7 Å². The smallest absolute Gasteiger partial charge is 0.422 e. The van der Waals surface area contributed by atoms with E-state index < -0.39 is 38.6 Å². The number of hydrazine groups is 2. The summed E-state index contributed by atoms with van der Waals surface area (Å²) >= 11 is 0. The molecule has 29 nitrogen and oxygen atoms in total. The van der Waals surface area contributed by atoms with Crippen LogP contribution in [0.15, 0.2) is 83.9 Å². The SMILES string of the molecule is CC(C)(C)OC(=O)CNC1CCC(C(=O)O)CC1.CC(C)(C)OC(=O)NN1CC2CCC1CC2.CCOC(=O)CC(=O)c1cccc(C)n1.COC(=O)C1CCC(=O)CC1.COC(=O)C1CCC(NCC(=O)OC(C)(C)C)CC1.Cc1cccc(-c2nn3c(c2-c2ccnc(-c4ccc(S(C)(=O)=O)cc4)c2)C2CCC3CC2)n1.Cl.NN1CC2CCC1CC2. The Bertz CT molecular complexity index is 4400. The number of carbonyl (C=O) groups is 9. The molecule has 1 aromatic carbocycles. The van der Waals surface area contributed by atoms with E-state index in [9.17, 15) is 51.6 Å². The molecule has 6 N–H and O–H groups in total. The van der Waals surface area contributed by atoms with Crippen LogP contribution in [-0.2, 0) is 71.8 Å². The number of benzene rings is 1. The molecule has 6 aliphatic heterocycles. The Kier molecular flexibility index (Phi) is 39.3. The van der Waals surface area contributed by atoms with Gasteiger partial charge in [-0.3, -0.25) is 69.3 Å². The van der Waals surface area contributed by atoms with E-state index in [1.165, 1.54) is 103 Å². The molecule has 4 aromatic heterocycles. The minimum Gasteiger partial charge on any atom is -0.481 e. The van der Waals surface area contributed by atoms with E-state index in [0.717, 1.165) is 115 Å². The van der Waals surface area contributed by atoms with Gasteiger partial charge in [-0.25, -0.2) is 23.2 Å². The predicted molar refractivity (Wildman–Crippen MR) is 470 cm³/mol. The molecule has 0 atom stereocenters. The standard InChI is InChI=1S/C27H26N4O2S.C14H25NO4.C13H23NO4.C12H22N2O2.C11H13NO3.C8H12O3.C7H14N2.ClH/c1-17-4-3-5-23(29-17)26-25(27-19-6-10-21(11-7-19)31(27)30-26)20-14-15-28-24(16-20)18-8-12-22(13-9-18)34(2,32)33;1-14(2,3)19-12(16)9-15-11-7-5-10(6-8-11)13(17)18-4;1-13(2,3)18-11(15)8-14-10-6-4-9(5-7-10)12(16)17;1-12(2,3)16-11(15)13-14-8-9-4-6-10(14)7-5-9;1-3-15-11(14)7-10(13)9-6-4-5-8(2)12-9;1-11-8(10)6-2-4-7(9)5-3-6;8-9-5-6-1-3-7(9)4-2-6;/h3-5,8-9,12-16,19,21H,6-7,10-11H2,1-2H3;10-11,15H,5-9H2,1-4H3;9-10,14H,4-8H2,1-3H3,(H,16,17);9-10H,4-8H2,1-3H3,(H,13,15);4-6H,3,7H2,1-2H3;6H,2-5H2,1H3;6-7H,1-5,8H2;1H. The molecule has 17 rings (SSSR count). The van der Waals surface area contributed by atoms with Gasteiger partial charge in [0, 0.05) is 91.0 Å². The first kappa shape index (κ1) is 101. The number of piperidine rings is 4. The van der Waals surface area contributed by atoms with Gasteiger partial charge in [0.15, 0.2) is 15.6 Å². The first-order chi connectivity index (χ1) is 57.6. The van der Waals surface area contributed by atoms with E-state index >= 15 is 0 Å². The largest absolute Gasteiger partial charge is 0.481 e. The molecule has 1 amide bonds. The van der Waals surface area contributed by atoms with Crippen molar-refractivity contribution < 1.29 is 85.1 Å². The number of fused-ring (bicyclic) bond motifs is 8. The number of aryl methyl sites for hydroxylation is 2. The van der Waals surface area contributed by atoms with E-state index in [4.69, 9.17) is 40.0 Å². The van der Waals surface area contributed by atoms with Gasteiger partial charge < -0.3 is 44.2 Å². The van der Waals surface area contributed by atoms with E-state index in [0.29, 0.717) is 67.1 Å². The highest BCUT2D eigenvalue weighted by atomic mass is 35.5. The number of nitrogens with one attached hydrogen (secondary N) is 3. The van der Waals surface area contributed by atoms with Crippen molar-refractivity contribution >= 4 is 75.7 Å². The van der Waals surface area contributed by atoms with Gasteiger partial charge in [-0.15, -0.1) is 12.4 Å². The van der Waals surface area contributed by atoms with Crippen LogP contribution < -0.4 is 21.9 Å². The van der Waals surface area contributed by atoms with Crippen molar-refractivity contribution in [2.24, 2.45) is 35.4 Å². The van der Waals surface area contributed by atoms with Crippen LogP contribution in [0.4, 0.5) is 4.79 Å². The quantitative estimate of drug-likeness (QED) is 0.0179. The second-order valence-corrected chi connectivity index (χ2v) is 38.6. The number of rotatable bonds is 18. The summed E-state index contributed by atoms with van der Waals surface area (Å²) in [5.74, 6) is 5.69. The van der Waals surface area contributed by atoms with Crippen molar-refractivity contribution in [1.29, 1.82) is 0 Å². The number of ether oxygens (including phenoxy) is 6. The molecule has 4 saturated heterocycles. The molecule has 6 aliphatic carbocycles. The number of methoxy groups -OCH3 is 2. The van der Waals surface area contributed by atoms with E-state index in [2.05, 4.69) is 51.3 Å². The molecular formula is C92H136ClN11O18S.